The van der Waals surface area contributed by atoms with Gasteiger partial charge in [0, 0.05) is 43.5 Å². The smallest absolute Gasteiger partial charge is 0.254 e. The van der Waals surface area contributed by atoms with Crippen molar-refractivity contribution in [1.29, 1.82) is 0 Å². The van der Waals surface area contributed by atoms with Crippen LogP contribution in [0.15, 0.2) is 54.7 Å². The third-order valence-corrected chi connectivity index (χ3v) is 5.70. The van der Waals surface area contributed by atoms with Gasteiger partial charge in [0.1, 0.15) is 5.82 Å². The van der Waals surface area contributed by atoms with E-state index in [4.69, 9.17) is 4.84 Å². The van der Waals surface area contributed by atoms with Crippen LogP contribution in [0.5, 0.6) is 0 Å². The van der Waals surface area contributed by atoms with Crippen LogP contribution in [-0.4, -0.2) is 42.5 Å². The van der Waals surface area contributed by atoms with Crippen molar-refractivity contribution in [3.63, 3.8) is 0 Å². The summed E-state index contributed by atoms with van der Waals surface area (Å²) in [6, 6.07) is 14.2. The zero-order chi connectivity index (χ0) is 20.2. The number of halogens is 1. The van der Waals surface area contributed by atoms with Crippen molar-refractivity contribution >= 4 is 11.6 Å². The van der Waals surface area contributed by atoms with Crippen molar-refractivity contribution in [3.05, 3.63) is 77.2 Å². The maximum Gasteiger partial charge on any atom is 0.254 e. The Hall–Kier alpha value is -2.86. The summed E-state index contributed by atoms with van der Waals surface area (Å²) in [6.45, 7) is 3.36. The highest BCUT2D eigenvalue weighted by molar-refractivity contribution is 5.98. The Morgan fingerprint density at radius 2 is 1.90 bits per heavy atom. The molecule has 1 N–H and O–H groups in total. The molecular formula is C23H26FN3O2. The van der Waals surface area contributed by atoms with Crippen LogP contribution < -0.4 is 5.48 Å². The Balaban J connectivity index is 1.35. The van der Waals surface area contributed by atoms with Gasteiger partial charge in [-0.3, -0.25) is 15.1 Å². The Labute approximate surface area is 170 Å². The lowest BCUT2D eigenvalue weighted by atomic mass is 9.96. The third kappa shape index (κ3) is 4.43. The molecule has 2 aliphatic heterocycles. The molecule has 0 atom stereocenters. The summed E-state index contributed by atoms with van der Waals surface area (Å²) in [5.41, 5.74) is 6.55. The summed E-state index contributed by atoms with van der Waals surface area (Å²) in [7, 11) is 1.56. The Kier molecular flexibility index (Phi) is 5.81. The minimum Gasteiger partial charge on any atom is -0.376 e. The summed E-state index contributed by atoms with van der Waals surface area (Å²) in [5.74, 6) is 0.401. The van der Waals surface area contributed by atoms with Crippen molar-refractivity contribution in [3.8, 4) is 0 Å². The van der Waals surface area contributed by atoms with Crippen molar-refractivity contribution in [2.45, 2.75) is 19.4 Å². The van der Waals surface area contributed by atoms with Gasteiger partial charge in [0.15, 0.2) is 0 Å². The van der Waals surface area contributed by atoms with Crippen LogP contribution >= 0.6 is 0 Å². The molecule has 2 aromatic carbocycles. The van der Waals surface area contributed by atoms with E-state index in [1.165, 1.54) is 12.1 Å². The molecule has 1 fully saturated rings. The fraction of sp³-hybridized carbons (Fsp3) is 0.348. The first-order chi connectivity index (χ1) is 14.1. The molecule has 5 nitrogen and oxygen atoms in total. The number of carbonyl (C=O) groups excluding carboxylic acids is 1. The number of carbonyl (C=O) groups is 1. The average Bonchev–Trinajstić information content (AvgIpc) is 3.05. The van der Waals surface area contributed by atoms with Crippen molar-refractivity contribution in [2.75, 3.05) is 26.7 Å². The number of nitrogens with one attached hydrogen (secondary N) is 1. The van der Waals surface area contributed by atoms with Crippen LogP contribution in [0.4, 0.5) is 4.39 Å². The molecule has 152 valence electrons. The molecule has 2 heterocycles. The molecular weight excluding hydrogens is 369 g/mol. The Morgan fingerprint density at radius 1 is 1.17 bits per heavy atom. The van der Waals surface area contributed by atoms with Gasteiger partial charge in [-0.05, 0) is 54.7 Å². The van der Waals surface area contributed by atoms with Crippen LogP contribution in [0.1, 0.15) is 34.3 Å². The minimum atomic E-state index is -0.259. The number of rotatable bonds is 6. The number of nitrogens with zero attached hydrogens (tertiary/aromatic N) is 2. The number of hydrogen-bond donors (Lipinski definition) is 1. The second kappa shape index (κ2) is 8.66. The summed E-state index contributed by atoms with van der Waals surface area (Å²) < 4.78 is 13.2. The van der Waals surface area contributed by atoms with Crippen molar-refractivity contribution < 1.29 is 14.0 Å². The van der Waals surface area contributed by atoms with E-state index in [9.17, 15) is 9.18 Å². The van der Waals surface area contributed by atoms with Gasteiger partial charge < -0.3 is 9.80 Å². The van der Waals surface area contributed by atoms with E-state index in [0.717, 1.165) is 61.4 Å². The first-order valence-corrected chi connectivity index (χ1v) is 10.0. The van der Waals surface area contributed by atoms with Gasteiger partial charge in [0.2, 0.25) is 0 Å². The van der Waals surface area contributed by atoms with Crippen molar-refractivity contribution in [1.82, 2.24) is 15.3 Å². The van der Waals surface area contributed by atoms with Crippen LogP contribution in [-0.2, 0) is 11.4 Å². The second-order valence-corrected chi connectivity index (χ2v) is 7.68. The molecule has 0 radical (unpaired) electrons. The van der Waals surface area contributed by atoms with Crippen LogP contribution in [0.3, 0.4) is 0 Å². The maximum absolute atomic E-state index is 13.2. The summed E-state index contributed by atoms with van der Waals surface area (Å²) in [6.07, 6.45) is 4.09. The summed E-state index contributed by atoms with van der Waals surface area (Å²) in [4.78, 5) is 21.9. The van der Waals surface area contributed by atoms with E-state index >= 15 is 0 Å². The predicted molar refractivity (Wildman–Crippen MR) is 110 cm³/mol. The first-order valence-electron chi connectivity index (χ1n) is 10.0. The number of hydroxylamine groups is 1. The van der Waals surface area contributed by atoms with Gasteiger partial charge in [-0.2, -0.15) is 0 Å². The first kappa shape index (κ1) is 19.5. The Morgan fingerprint density at radius 3 is 2.59 bits per heavy atom. The topological polar surface area (TPSA) is 44.8 Å². The standard InChI is InChI=1S/C23H26FN3O2/c1-29-25-22(18-6-8-20(24)9-7-18)16-26-12-10-17(11-13-26)14-27-15-19-4-2-3-5-21(19)23(27)28/h2-9,16-17,25H,10-15H2,1H3. The normalized spacial score (nSPS) is 17.6. The van der Waals surface area contributed by atoms with Gasteiger partial charge >= 0.3 is 0 Å². The highest BCUT2D eigenvalue weighted by Gasteiger charge is 2.29. The summed E-state index contributed by atoms with van der Waals surface area (Å²) in [5, 5.41) is 0. The monoisotopic (exact) mass is 395 g/mol. The molecule has 29 heavy (non-hydrogen) atoms. The lowest BCUT2D eigenvalue weighted by molar-refractivity contribution is 0.0726. The lowest BCUT2D eigenvalue weighted by Gasteiger charge is -2.33. The zero-order valence-electron chi connectivity index (χ0n) is 16.6. The second-order valence-electron chi connectivity index (χ2n) is 7.68. The van der Waals surface area contributed by atoms with Crippen LogP contribution in [0.25, 0.3) is 5.70 Å². The molecule has 6 heteroatoms. The number of amides is 1. The SMILES string of the molecule is CONC(=CN1CCC(CN2Cc3ccccc3C2=O)CC1)c1ccc(F)cc1. The molecule has 0 spiro atoms. The van der Waals surface area contributed by atoms with Gasteiger partial charge in [0.25, 0.3) is 5.91 Å². The molecule has 0 aliphatic carbocycles. The number of piperidine rings is 1. The van der Waals surface area contributed by atoms with E-state index in [2.05, 4.69) is 10.4 Å². The van der Waals surface area contributed by atoms with Gasteiger partial charge in [-0.1, -0.05) is 18.2 Å². The molecule has 0 aromatic heterocycles. The molecule has 0 saturated carbocycles. The van der Waals surface area contributed by atoms with Crippen molar-refractivity contribution in [2.24, 2.45) is 5.92 Å². The number of benzene rings is 2. The Bertz CT molecular complexity index is 889. The lowest BCUT2D eigenvalue weighted by Crippen LogP contribution is -2.37. The quantitative estimate of drug-likeness (QED) is 0.759. The van der Waals surface area contributed by atoms with Gasteiger partial charge in [-0.15, -0.1) is 0 Å². The van der Waals surface area contributed by atoms with E-state index in [1.54, 1.807) is 19.2 Å². The van der Waals surface area contributed by atoms with Gasteiger partial charge in [0.05, 0.1) is 12.8 Å². The molecule has 0 bridgehead atoms. The maximum atomic E-state index is 13.2. The van der Waals surface area contributed by atoms with E-state index < -0.39 is 0 Å². The molecule has 1 amide bonds. The van der Waals surface area contributed by atoms with Gasteiger partial charge in [-0.25, -0.2) is 4.39 Å². The fourth-order valence-corrected chi connectivity index (χ4v) is 4.12. The molecule has 4 rings (SSSR count). The number of likely N-dealkylation sites (tertiary alicyclic amines) is 1. The zero-order valence-corrected chi connectivity index (χ0v) is 16.6. The third-order valence-electron chi connectivity index (χ3n) is 5.70. The molecule has 2 aromatic rings. The highest BCUT2D eigenvalue weighted by Crippen LogP contribution is 2.27. The van der Waals surface area contributed by atoms with E-state index in [1.807, 2.05) is 35.4 Å². The number of fused-ring (bicyclic) bond motifs is 1. The average molecular weight is 395 g/mol. The van der Waals surface area contributed by atoms with Crippen LogP contribution in [0.2, 0.25) is 0 Å². The summed E-state index contributed by atoms with van der Waals surface area (Å²) >= 11 is 0. The largest absolute Gasteiger partial charge is 0.376 e. The highest BCUT2D eigenvalue weighted by atomic mass is 19.1. The van der Waals surface area contributed by atoms with E-state index in [0.29, 0.717) is 5.92 Å². The molecule has 1 saturated heterocycles. The minimum absolute atomic E-state index is 0.158. The van der Waals surface area contributed by atoms with E-state index in [-0.39, 0.29) is 11.7 Å². The number of hydrogen-bond acceptors (Lipinski definition) is 4. The molecule has 0 unspecified atom stereocenters. The fourth-order valence-electron chi connectivity index (χ4n) is 4.12. The molecule has 2 aliphatic rings. The predicted octanol–water partition coefficient (Wildman–Crippen LogP) is 3.64. The van der Waals surface area contributed by atoms with Crippen LogP contribution in [0, 0.1) is 11.7 Å².